The standard InChI is InChI=1S/C16H25N3O/c1-14-6-5-7-15(12-14)18-16(20)13-17-8-11-19-9-3-2-4-10-19/h5-7,12,17H,2-4,8-11,13H2,1H3,(H,18,20). The molecule has 110 valence electrons. The highest BCUT2D eigenvalue weighted by Gasteiger charge is 2.09. The quantitative estimate of drug-likeness (QED) is 0.781. The van der Waals surface area contributed by atoms with Crippen LogP contribution in [0.25, 0.3) is 0 Å². The zero-order valence-electron chi connectivity index (χ0n) is 12.3. The van der Waals surface area contributed by atoms with Crippen LogP contribution in [0.4, 0.5) is 5.69 Å². The fourth-order valence-electron chi connectivity index (χ4n) is 2.55. The second-order valence-electron chi connectivity index (χ2n) is 5.50. The normalized spacial score (nSPS) is 16.1. The Balaban J connectivity index is 1.60. The predicted octanol–water partition coefficient (Wildman–Crippen LogP) is 2.01. The number of aryl methyl sites for hydroxylation is 1. The first-order valence-corrected chi connectivity index (χ1v) is 7.53. The highest BCUT2D eigenvalue weighted by atomic mass is 16.1. The van der Waals surface area contributed by atoms with E-state index in [2.05, 4.69) is 15.5 Å². The molecule has 1 aromatic rings. The Morgan fingerprint density at radius 2 is 2.05 bits per heavy atom. The van der Waals surface area contributed by atoms with Gasteiger partial charge in [-0.3, -0.25) is 4.79 Å². The molecule has 0 bridgehead atoms. The van der Waals surface area contributed by atoms with Gasteiger partial charge in [0, 0.05) is 18.8 Å². The van der Waals surface area contributed by atoms with E-state index in [9.17, 15) is 4.79 Å². The lowest BCUT2D eigenvalue weighted by Gasteiger charge is -2.26. The molecule has 1 aromatic carbocycles. The molecular formula is C16H25N3O. The van der Waals surface area contributed by atoms with Gasteiger partial charge in [-0.2, -0.15) is 0 Å². The number of piperidine rings is 1. The summed E-state index contributed by atoms with van der Waals surface area (Å²) in [6, 6.07) is 7.87. The second-order valence-corrected chi connectivity index (χ2v) is 5.50. The van der Waals surface area contributed by atoms with E-state index in [1.165, 1.54) is 32.4 Å². The SMILES string of the molecule is Cc1cccc(NC(=O)CNCCN2CCCCC2)c1. The maximum absolute atomic E-state index is 11.8. The van der Waals surface area contributed by atoms with Gasteiger partial charge >= 0.3 is 0 Å². The van der Waals surface area contributed by atoms with Crippen molar-refractivity contribution in [2.75, 3.05) is 38.0 Å². The summed E-state index contributed by atoms with van der Waals surface area (Å²) in [7, 11) is 0. The number of hydrogen-bond acceptors (Lipinski definition) is 3. The minimum absolute atomic E-state index is 0.0224. The van der Waals surface area contributed by atoms with Gasteiger partial charge in [0.15, 0.2) is 0 Å². The maximum Gasteiger partial charge on any atom is 0.238 e. The fourth-order valence-corrected chi connectivity index (χ4v) is 2.55. The molecule has 0 spiro atoms. The third-order valence-corrected chi connectivity index (χ3v) is 3.64. The number of rotatable bonds is 6. The Bertz CT molecular complexity index is 427. The Hall–Kier alpha value is -1.39. The molecule has 0 saturated carbocycles. The molecule has 1 saturated heterocycles. The third kappa shape index (κ3) is 5.31. The Labute approximate surface area is 121 Å². The summed E-state index contributed by atoms with van der Waals surface area (Å²) in [5.41, 5.74) is 2.02. The van der Waals surface area contributed by atoms with Crippen molar-refractivity contribution < 1.29 is 4.79 Å². The number of amides is 1. The number of carbonyl (C=O) groups excluding carboxylic acids is 1. The van der Waals surface area contributed by atoms with Gasteiger partial charge in [-0.1, -0.05) is 18.6 Å². The molecule has 1 fully saturated rings. The first-order chi connectivity index (χ1) is 9.74. The lowest BCUT2D eigenvalue weighted by Crippen LogP contribution is -2.38. The van der Waals surface area contributed by atoms with E-state index in [0.29, 0.717) is 6.54 Å². The maximum atomic E-state index is 11.8. The number of benzene rings is 1. The smallest absolute Gasteiger partial charge is 0.238 e. The van der Waals surface area contributed by atoms with E-state index in [-0.39, 0.29) is 5.91 Å². The average Bonchev–Trinajstić information content (AvgIpc) is 2.45. The zero-order valence-corrected chi connectivity index (χ0v) is 12.3. The number of likely N-dealkylation sites (tertiary alicyclic amines) is 1. The highest BCUT2D eigenvalue weighted by Crippen LogP contribution is 2.09. The van der Waals surface area contributed by atoms with Crippen molar-refractivity contribution in [2.45, 2.75) is 26.2 Å². The molecule has 20 heavy (non-hydrogen) atoms. The molecule has 0 radical (unpaired) electrons. The zero-order chi connectivity index (χ0) is 14.2. The predicted molar refractivity (Wildman–Crippen MR) is 83.0 cm³/mol. The number of anilines is 1. The Morgan fingerprint density at radius 3 is 2.80 bits per heavy atom. The minimum Gasteiger partial charge on any atom is -0.325 e. The van der Waals surface area contributed by atoms with Crippen LogP contribution in [0.2, 0.25) is 0 Å². The van der Waals surface area contributed by atoms with E-state index in [4.69, 9.17) is 0 Å². The van der Waals surface area contributed by atoms with Crippen molar-refractivity contribution in [3.05, 3.63) is 29.8 Å². The first-order valence-electron chi connectivity index (χ1n) is 7.53. The summed E-state index contributed by atoms with van der Waals surface area (Å²) in [4.78, 5) is 14.3. The van der Waals surface area contributed by atoms with Crippen molar-refractivity contribution in [1.29, 1.82) is 0 Å². The highest BCUT2D eigenvalue weighted by molar-refractivity contribution is 5.92. The van der Waals surface area contributed by atoms with Crippen molar-refractivity contribution in [3.63, 3.8) is 0 Å². The van der Waals surface area contributed by atoms with Crippen LogP contribution >= 0.6 is 0 Å². The van der Waals surface area contributed by atoms with Crippen LogP contribution in [0.1, 0.15) is 24.8 Å². The van der Waals surface area contributed by atoms with Gasteiger partial charge in [0.25, 0.3) is 0 Å². The number of carbonyl (C=O) groups is 1. The molecule has 1 aliphatic rings. The molecule has 0 unspecified atom stereocenters. The topological polar surface area (TPSA) is 44.4 Å². The van der Waals surface area contributed by atoms with Crippen molar-refractivity contribution in [1.82, 2.24) is 10.2 Å². The summed E-state index contributed by atoms with van der Waals surface area (Å²) >= 11 is 0. The van der Waals surface area contributed by atoms with E-state index >= 15 is 0 Å². The van der Waals surface area contributed by atoms with E-state index < -0.39 is 0 Å². The van der Waals surface area contributed by atoms with Gasteiger partial charge in [0.1, 0.15) is 0 Å². The van der Waals surface area contributed by atoms with E-state index in [0.717, 1.165) is 24.3 Å². The summed E-state index contributed by atoms with van der Waals surface area (Å²) < 4.78 is 0. The van der Waals surface area contributed by atoms with Crippen LogP contribution in [0.5, 0.6) is 0 Å². The molecule has 0 atom stereocenters. The van der Waals surface area contributed by atoms with Gasteiger partial charge in [0.05, 0.1) is 6.54 Å². The van der Waals surface area contributed by atoms with Gasteiger partial charge < -0.3 is 15.5 Å². The van der Waals surface area contributed by atoms with Crippen LogP contribution in [0.15, 0.2) is 24.3 Å². The lowest BCUT2D eigenvalue weighted by molar-refractivity contribution is -0.115. The monoisotopic (exact) mass is 275 g/mol. The molecule has 1 aliphatic heterocycles. The van der Waals surface area contributed by atoms with Gasteiger partial charge in [-0.25, -0.2) is 0 Å². The molecule has 4 heteroatoms. The Kier molecular flexibility index (Phi) is 6.02. The summed E-state index contributed by atoms with van der Waals surface area (Å²) in [5.74, 6) is 0.0224. The molecule has 2 N–H and O–H groups in total. The molecule has 4 nitrogen and oxygen atoms in total. The van der Waals surface area contributed by atoms with Crippen LogP contribution in [-0.4, -0.2) is 43.5 Å². The van der Waals surface area contributed by atoms with Gasteiger partial charge in [0.2, 0.25) is 5.91 Å². The number of nitrogens with zero attached hydrogens (tertiary/aromatic N) is 1. The van der Waals surface area contributed by atoms with Gasteiger partial charge in [-0.05, 0) is 50.6 Å². The summed E-state index contributed by atoms with van der Waals surface area (Å²) in [6.07, 6.45) is 3.99. The van der Waals surface area contributed by atoms with Crippen molar-refractivity contribution >= 4 is 11.6 Å². The molecule has 0 aliphatic carbocycles. The largest absolute Gasteiger partial charge is 0.325 e. The van der Waals surface area contributed by atoms with Crippen LogP contribution < -0.4 is 10.6 Å². The number of nitrogens with one attached hydrogen (secondary N) is 2. The lowest BCUT2D eigenvalue weighted by atomic mass is 10.1. The third-order valence-electron chi connectivity index (χ3n) is 3.64. The van der Waals surface area contributed by atoms with Crippen molar-refractivity contribution in [3.8, 4) is 0 Å². The second kappa shape index (κ2) is 8.02. The van der Waals surface area contributed by atoms with Gasteiger partial charge in [-0.15, -0.1) is 0 Å². The van der Waals surface area contributed by atoms with Crippen LogP contribution in [0.3, 0.4) is 0 Å². The minimum atomic E-state index is 0.0224. The van der Waals surface area contributed by atoms with Crippen LogP contribution in [0, 0.1) is 6.92 Å². The van der Waals surface area contributed by atoms with E-state index in [1.54, 1.807) is 0 Å². The average molecular weight is 275 g/mol. The summed E-state index contributed by atoms with van der Waals surface area (Å²) in [6.45, 7) is 6.72. The van der Waals surface area contributed by atoms with Crippen LogP contribution in [-0.2, 0) is 4.79 Å². The van der Waals surface area contributed by atoms with E-state index in [1.807, 2.05) is 31.2 Å². The molecular weight excluding hydrogens is 250 g/mol. The fraction of sp³-hybridized carbons (Fsp3) is 0.562. The van der Waals surface area contributed by atoms with Crippen molar-refractivity contribution in [2.24, 2.45) is 0 Å². The molecule has 1 amide bonds. The molecule has 0 aromatic heterocycles. The molecule has 1 heterocycles. The summed E-state index contributed by atoms with van der Waals surface area (Å²) in [5, 5.41) is 6.12. The number of hydrogen-bond donors (Lipinski definition) is 2. The first kappa shape index (κ1) is 15.0. The molecule has 2 rings (SSSR count). The Morgan fingerprint density at radius 1 is 1.25 bits per heavy atom.